The standard InChI is InChI=1S/C28H24F6N6O2/c29-27(30,31)22(28(32,33)34)15-39-14-19(13-37-39)18-3-1-2-17(10-18)11-24(41)38-23-12-21(6-8-36-23)40-9-7-26(16-35,25(40)42)20-4-5-20/h1-3,6,8,10,12-14,20,22H,4-5,7,9,11,15H2,(H,36,38,41)/t26-/m1/s1. The number of halogens is 6. The van der Waals surface area contributed by atoms with Gasteiger partial charge in [0.15, 0.2) is 5.92 Å². The van der Waals surface area contributed by atoms with Crippen molar-refractivity contribution in [2.75, 3.05) is 16.8 Å². The number of pyridine rings is 1. The molecule has 1 aliphatic heterocycles. The largest absolute Gasteiger partial charge is 0.402 e. The van der Waals surface area contributed by atoms with E-state index in [4.69, 9.17) is 0 Å². The molecule has 0 spiro atoms. The van der Waals surface area contributed by atoms with Gasteiger partial charge < -0.3 is 10.2 Å². The Bertz CT molecular complexity index is 1530. The summed E-state index contributed by atoms with van der Waals surface area (Å²) in [4.78, 5) is 31.6. The van der Waals surface area contributed by atoms with E-state index in [1.165, 1.54) is 11.1 Å². The molecular formula is C28H24F6N6O2. The monoisotopic (exact) mass is 590 g/mol. The number of carbonyl (C=O) groups excluding carboxylic acids is 2. The van der Waals surface area contributed by atoms with Gasteiger partial charge in [-0.2, -0.15) is 36.7 Å². The number of nitrogens with one attached hydrogen (secondary N) is 1. The molecule has 1 N–H and O–H groups in total. The average molecular weight is 591 g/mol. The maximum Gasteiger partial charge on any atom is 0.402 e. The molecule has 2 aromatic heterocycles. The second kappa shape index (κ2) is 10.8. The van der Waals surface area contributed by atoms with Crippen molar-refractivity contribution in [2.45, 2.75) is 44.6 Å². The molecule has 220 valence electrons. The molecular weight excluding hydrogens is 566 g/mol. The quantitative estimate of drug-likeness (QED) is 0.348. The molecule has 2 amide bonds. The fourth-order valence-corrected chi connectivity index (χ4v) is 5.21. The number of benzene rings is 1. The predicted molar refractivity (Wildman–Crippen MR) is 138 cm³/mol. The summed E-state index contributed by atoms with van der Waals surface area (Å²) in [5, 5.41) is 16.0. The third-order valence-corrected chi connectivity index (χ3v) is 7.57. The number of hydrogen-bond donors (Lipinski definition) is 1. The van der Waals surface area contributed by atoms with Crippen LogP contribution in [0.5, 0.6) is 0 Å². The second-order valence-electron chi connectivity index (χ2n) is 10.5. The van der Waals surface area contributed by atoms with Gasteiger partial charge in [-0.3, -0.25) is 14.3 Å². The Labute approximate surface area is 235 Å². The summed E-state index contributed by atoms with van der Waals surface area (Å²) in [6.07, 6.45) is -5.23. The van der Waals surface area contributed by atoms with Gasteiger partial charge in [0, 0.05) is 36.3 Å². The Balaban J connectivity index is 1.24. The number of anilines is 2. The fraction of sp³-hybridized carbons (Fsp3) is 0.393. The number of aromatic nitrogens is 3. The second-order valence-corrected chi connectivity index (χ2v) is 10.5. The summed E-state index contributed by atoms with van der Waals surface area (Å²) in [5.74, 6) is -3.97. The lowest BCUT2D eigenvalue weighted by Gasteiger charge is -2.22. The first-order valence-electron chi connectivity index (χ1n) is 13.0. The zero-order valence-electron chi connectivity index (χ0n) is 21.9. The van der Waals surface area contributed by atoms with Gasteiger partial charge in [0.25, 0.3) is 0 Å². The molecule has 1 saturated carbocycles. The minimum Gasteiger partial charge on any atom is -0.311 e. The van der Waals surface area contributed by atoms with E-state index >= 15 is 0 Å². The van der Waals surface area contributed by atoms with Crippen molar-refractivity contribution in [2.24, 2.45) is 17.3 Å². The number of amides is 2. The van der Waals surface area contributed by atoms with Crippen LogP contribution < -0.4 is 10.2 Å². The number of nitriles is 1. The van der Waals surface area contributed by atoms with E-state index in [2.05, 4.69) is 21.5 Å². The minimum absolute atomic E-state index is 0.0720. The molecule has 0 radical (unpaired) electrons. The normalized spacial score (nSPS) is 19.3. The third kappa shape index (κ3) is 5.95. The van der Waals surface area contributed by atoms with Gasteiger partial charge in [-0.05, 0) is 42.4 Å². The van der Waals surface area contributed by atoms with E-state index in [-0.39, 0.29) is 29.6 Å². The van der Waals surface area contributed by atoms with Gasteiger partial charge in [-0.25, -0.2) is 4.98 Å². The molecule has 1 aliphatic carbocycles. The van der Waals surface area contributed by atoms with E-state index in [1.54, 1.807) is 36.4 Å². The van der Waals surface area contributed by atoms with Crippen molar-refractivity contribution < 1.29 is 35.9 Å². The molecule has 3 heterocycles. The van der Waals surface area contributed by atoms with Gasteiger partial charge in [0.2, 0.25) is 11.8 Å². The number of alkyl halides is 6. The van der Waals surface area contributed by atoms with Crippen LogP contribution in [-0.4, -0.2) is 45.5 Å². The zero-order chi connectivity index (χ0) is 30.3. The lowest BCUT2D eigenvalue weighted by atomic mass is 9.83. The van der Waals surface area contributed by atoms with E-state index in [1.807, 2.05) is 0 Å². The van der Waals surface area contributed by atoms with Gasteiger partial charge in [-0.1, -0.05) is 24.3 Å². The molecule has 8 nitrogen and oxygen atoms in total. The Morgan fingerprint density at radius 3 is 2.52 bits per heavy atom. The molecule has 2 fully saturated rings. The van der Waals surface area contributed by atoms with Crippen LogP contribution in [0.2, 0.25) is 0 Å². The Hall–Kier alpha value is -4.41. The first kappa shape index (κ1) is 29.1. The van der Waals surface area contributed by atoms with Crippen molar-refractivity contribution in [3.8, 4) is 17.2 Å². The van der Waals surface area contributed by atoms with Crippen LogP contribution in [0.3, 0.4) is 0 Å². The summed E-state index contributed by atoms with van der Waals surface area (Å²) in [5.41, 5.74) is 0.763. The highest BCUT2D eigenvalue weighted by Gasteiger charge is 2.57. The summed E-state index contributed by atoms with van der Waals surface area (Å²) < 4.78 is 78.1. The van der Waals surface area contributed by atoms with Gasteiger partial charge in [0.05, 0.1) is 25.2 Å². The molecule has 0 unspecified atom stereocenters. The summed E-state index contributed by atoms with van der Waals surface area (Å²) in [6, 6.07) is 11.8. The summed E-state index contributed by atoms with van der Waals surface area (Å²) >= 11 is 0. The first-order chi connectivity index (χ1) is 19.8. The molecule has 3 aromatic rings. The first-order valence-corrected chi connectivity index (χ1v) is 13.0. The zero-order valence-corrected chi connectivity index (χ0v) is 21.9. The lowest BCUT2D eigenvalue weighted by molar-refractivity contribution is -0.288. The van der Waals surface area contributed by atoms with Crippen LogP contribution >= 0.6 is 0 Å². The van der Waals surface area contributed by atoms with Crippen molar-refractivity contribution >= 4 is 23.3 Å². The number of hydrogen-bond acceptors (Lipinski definition) is 5. The highest BCUT2D eigenvalue weighted by molar-refractivity contribution is 6.02. The van der Waals surface area contributed by atoms with Crippen molar-refractivity contribution in [3.63, 3.8) is 0 Å². The summed E-state index contributed by atoms with van der Waals surface area (Å²) in [6.45, 7) is -1.03. The van der Waals surface area contributed by atoms with Crippen molar-refractivity contribution in [3.05, 3.63) is 60.6 Å². The molecule has 2 aliphatic rings. The van der Waals surface area contributed by atoms with Gasteiger partial charge in [0.1, 0.15) is 11.2 Å². The maximum absolute atomic E-state index is 13.1. The van der Waals surface area contributed by atoms with Crippen LogP contribution in [-0.2, 0) is 22.6 Å². The third-order valence-electron chi connectivity index (χ3n) is 7.57. The predicted octanol–water partition coefficient (Wildman–Crippen LogP) is 5.52. The molecule has 5 rings (SSSR count). The highest BCUT2D eigenvalue weighted by atomic mass is 19.4. The topological polar surface area (TPSA) is 104 Å². The smallest absolute Gasteiger partial charge is 0.311 e. The maximum atomic E-state index is 13.1. The lowest BCUT2D eigenvalue weighted by Crippen LogP contribution is -2.39. The highest BCUT2D eigenvalue weighted by Crippen LogP contribution is 2.52. The van der Waals surface area contributed by atoms with Crippen LogP contribution in [0.4, 0.5) is 37.8 Å². The number of nitrogens with zero attached hydrogens (tertiary/aromatic N) is 5. The molecule has 1 saturated heterocycles. The fourth-order valence-electron chi connectivity index (χ4n) is 5.21. The van der Waals surface area contributed by atoms with Crippen LogP contribution in [0.1, 0.15) is 24.8 Å². The Morgan fingerprint density at radius 1 is 1.12 bits per heavy atom. The minimum atomic E-state index is -5.48. The SMILES string of the molecule is N#C[C@@]1(C2CC2)CCN(c2ccnc(NC(=O)Cc3cccc(-c4cnn(CC(C(F)(F)F)C(F)(F)F)c4)c3)c2)C1=O. The van der Waals surface area contributed by atoms with Crippen molar-refractivity contribution in [1.82, 2.24) is 14.8 Å². The van der Waals surface area contributed by atoms with E-state index in [0.29, 0.717) is 34.5 Å². The van der Waals surface area contributed by atoms with Crippen molar-refractivity contribution in [1.29, 1.82) is 5.26 Å². The molecule has 0 bridgehead atoms. The van der Waals surface area contributed by atoms with Gasteiger partial charge in [-0.15, -0.1) is 0 Å². The van der Waals surface area contributed by atoms with E-state index in [0.717, 1.165) is 25.2 Å². The molecule has 42 heavy (non-hydrogen) atoms. The molecule has 1 aromatic carbocycles. The average Bonchev–Trinajstić information content (AvgIpc) is 3.56. The van der Waals surface area contributed by atoms with Gasteiger partial charge >= 0.3 is 12.4 Å². The van der Waals surface area contributed by atoms with Crippen LogP contribution in [0, 0.1) is 28.6 Å². The van der Waals surface area contributed by atoms with E-state index in [9.17, 15) is 41.2 Å². The van der Waals surface area contributed by atoms with Crippen LogP contribution in [0.15, 0.2) is 55.0 Å². The number of rotatable bonds is 8. The molecule has 1 atom stereocenters. The Morgan fingerprint density at radius 2 is 1.86 bits per heavy atom. The van der Waals surface area contributed by atoms with E-state index < -0.39 is 36.1 Å². The number of carbonyl (C=O) groups is 2. The summed E-state index contributed by atoms with van der Waals surface area (Å²) in [7, 11) is 0. The molecule has 14 heteroatoms. The van der Waals surface area contributed by atoms with Crippen LogP contribution in [0.25, 0.3) is 11.1 Å². The Kier molecular flexibility index (Phi) is 7.46.